The maximum absolute atomic E-state index is 13.3. The molecule has 2 aromatic carbocycles. The van der Waals surface area contributed by atoms with Gasteiger partial charge in [-0.1, -0.05) is 51.1 Å². The van der Waals surface area contributed by atoms with E-state index in [1.54, 1.807) is 0 Å². The average molecular weight is 376 g/mol. The minimum atomic E-state index is -2.30. The smallest absolute Gasteiger partial charge is 0.438 e. The van der Waals surface area contributed by atoms with Gasteiger partial charge in [0.2, 0.25) is 8.32 Å². The van der Waals surface area contributed by atoms with Gasteiger partial charge in [-0.3, -0.25) is 0 Å². The van der Waals surface area contributed by atoms with Crippen LogP contribution >= 0.6 is 0 Å². The van der Waals surface area contributed by atoms with E-state index in [1.807, 2.05) is 43.4 Å². The van der Waals surface area contributed by atoms with E-state index in [4.69, 9.17) is 9.26 Å². The van der Waals surface area contributed by atoms with Gasteiger partial charge in [0, 0.05) is 0 Å². The van der Waals surface area contributed by atoms with Gasteiger partial charge in [0.1, 0.15) is 12.4 Å². The Kier molecular flexibility index (Phi) is 6.20. The van der Waals surface area contributed by atoms with E-state index in [9.17, 15) is 9.18 Å². The van der Waals surface area contributed by atoms with Crippen molar-refractivity contribution < 1.29 is 18.4 Å². The highest BCUT2D eigenvalue weighted by Crippen LogP contribution is 2.38. The maximum atomic E-state index is 13.3. The first kappa shape index (κ1) is 20.1. The first-order valence-electron chi connectivity index (χ1n) is 8.56. The lowest BCUT2D eigenvalue weighted by Gasteiger charge is -2.39. The molecule has 0 aliphatic carbocycles. The van der Waals surface area contributed by atoms with Crippen LogP contribution in [0, 0.1) is 5.82 Å². The zero-order valence-corrected chi connectivity index (χ0v) is 17.0. The first-order chi connectivity index (χ1) is 12.1. The molecule has 0 N–H and O–H groups in total. The van der Waals surface area contributed by atoms with Gasteiger partial charge in [-0.15, -0.1) is 0 Å². The topological polar surface area (TPSA) is 38.8 Å². The number of hydrogen-bond donors (Lipinski definition) is 0. The Morgan fingerprint density at radius 3 is 2.15 bits per heavy atom. The van der Waals surface area contributed by atoms with Gasteiger partial charge in [0.25, 0.3) is 0 Å². The van der Waals surface area contributed by atoms with Crippen molar-refractivity contribution in [3.8, 4) is 0 Å². The molecular formula is C20H26FNO3Si. The van der Waals surface area contributed by atoms with Crippen LogP contribution in [0.2, 0.25) is 18.1 Å². The Hall–Kier alpha value is -2.18. The molecule has 0 fully saturated rings. The maximum Gasteiger partial charge on any atom is 0.438 e. The van der Waals surface area contributed by atoms with Crippen molar-refractivity contribution in [3.05, 3.63) is 66.0 Å². The first-order valence-corrected chi connectivity index (χ1v) is 11.5. The Morgan fingerprint density at radius 2 is 1.62 bits per heavy atom. The number of carbonyl (C=O) groups excluding carboxylic acids is 1. The summed E-state index contributed by atoms with van der Waals surface area (Å²) in [5.41, 5.74) is 1.32. The lowest BCUT2D eigenvalue weighted by atomic mass is 10.2. The molecule has 2 rings (SSSR count). The lowest BCUT2D eigenvalue weighted by molar-refractivity contribution is 0.117. The molecule has 0 saturated carbocycles. The summed E-state index contributed by atoms with van der Waals surface area (Å²) in [6.45, 7) is 10.5. The summed E-state index contributed by atoms with van der Waals surface area (Å²) in [4.78, 5) is 12.7. The fourth-order valence-corrected chi connectivity index (χ4v) is 2.83. The summed E-state index contributed by atoms with van der Waals surface area (Å²) in [6.07, 6.45) is -0.620. The fourth-order valence-electron chi connectivity index (χ4n) is 1.91. The molecule has 0 saturated heterocycles. The summed E-state index contributed by atoms with van der Waals surface area (Å²) in [5, 5.41) is 1.05. The van der Waals surface area contributed by atoms with E-state index in [0.29, 0.717) is 5.69 Å². The van der Waals surface area contributed by atoms with E-state index >= 15 is 0 Å². The molecule has 0 aromatic heterocycles. The monoisotopic (exact) mass is 375 g/mol. The number of nitrogens with zero attached hydrogens (tertiary/aromatic N) is 1. The molecule has 26 heavy (non-hydrogen) atoms. The molecule has 0 aliphatic rings. The van der Waals surface area contributed by atoms with Gasteiger partial charge in [-0.25, -0.2) is 9.18 Å². The molecule has 0 unspecified atom stereocenters. The van der Waals surface area contributed by atoms with E-state index < -0.39 is 14.4 Å². The molecule has 0 heterocycles. The van der Waals surface area contributed by atoms with E-state index in [2.05, 4.69) is 20.8 Å². The van der Waals surface area contributed by atoms with Crippen molar-refractivity contribution in [3.63, 3.8) is 0 Å². The minimum Gasteiger partial charge on any atom is -0.443 e. The minimum absolute atomic E-state index is 0.106. The summed E-state index contributed by atoms with van der Waals surface area (Å²) >= 11 is 0. The molecule has 0 aliphatic heterocycles. The number of rotatable bonds is 5. The van der Waals surface area contributed by atoms with Crippen molar-refractivity contribution in [2.45, 2.75) is 45.5 Å². The normalized spacial score (nSPS) is 11.9. The quantitative estimate of drug-likeness (QED) is 0.482. The number of hydrogen-bond acceptors (Lipinski definition) is 3. The second kappa shape index (κ2) is 8.01. The van der Waals surface area contributed by atoms with Crippen molar-refractivity contribution in [2.24, 2.45) is 0 Å². The van der Waals surface area contributed by atoms with Crippen molar-refractivity contribution in [2.75, 3.05) is 5.06 Å². The third-order valence-electron chi connectivity index (χ3n) is 4.56. The third-order valence-corrected chi connectivity index (χ3v) is 8.81. The predicted molar refractivity (Wildman–Crippen MR) is 104 cm³/mol. The SMILES string of the molecule is CC(C)(C)[Si](C)(C)ON(C(=O)OCc1ccccc1)c1ccc(F)cc1. The van der Waals surface area contributed by atoms with Crippen LogP contribution in [0.5, 0.6) is 0 Å². The van der Waals surface area contributed by atoms with Crippen molar-refractivity contribution in [1.82, 2.24) is 0 Å². The zero-order valence-electron chi connectivity index (χ0n) is 16.0. The number of benzene rings is 2. The predicted octanol–water partition coefficient (Wildman–Crippen LogP) is 5.91. The second-order valence-electron chi connectivity index (χ2n) is 7.66. The van der Waals surface area contributed by atoms with Crippen LogP contribution in [0.1, 0.15) is 26.3 Å². The van der Waals surface area contributed by atoms with E-state index in [1.165, 1.54) is 24.3 Å². The summed E-state index contributed by atoms with van der Waals surface area (Å²) < 4.78 is 24.9. The van der Waals surface area contributed by atoms with Crippen LogP contribution < -0.4 is 5.06 Å². The fraction of sp³-hybridized carbons (Fsp3) is 0.350. The van der Waals surface area contributed by atoms with Crippen LogP contribution in [0.4, 0.5) is 14.9 Å². The zero-order chi connectivity index (χ0) is 19.4. The summed E-state index contributed by atoms with van der Waals surface area (Å²) in [7, 11) is -2.30. The number of hydroxylamine groups is 1. The lowest BCUT2D eigenvalue weighted by Crippen LogP contribution is -2.49. The Morgan fingerprint density at radius 1 is 1.04 bits per heavy atom. The Labute approximate surface area is 155 Å². The van der Waals surface area contributed by atoms with Gasteiger partial charge in [-0.05, 0) is 48.0 Å². The molecule has 0 spiro atoms. The van der Waals surface area contributed by atoms with Crippen molar-refractivity contribution >= 4 is 20.1 Å². The third kappa shape index (κ3) is 5.16. The molecular weight excluding hydrogens is 349 g/mol. The molecule has 140 valence electrons. The number of anilines is 1. The molecule has 6 heteroatoms. The van der Waals surface area contributed by atoms with Crippen molar-refractivity contribution in [1.29, 1.82) is 0 Å². The Balaban J connectivity index is 2.22. The summed E-state index contributed by atoms with van der Waals surface area (Å²) in [6, 6.07) is 15.0. The van der Waals surface area contributed by atoms with Gasteiger partial charge >= 0.3 is 6.09 Å². The molecule has 0 radical (unpaired) electrons. The van der Waals surface area contributed by atoms with Gasteiger partial charge in [0.05, 0.1) is 5.69 Å². The highest BCUT2D eigenvalue weighted by Gasteiger charge is 2.41. The number of halogens is 1. The molecule has 1 amide bonds. The van der Waals surface area contributed by atoms with Crippen LogP contribution in [0.3, 0.4) is 0 Å². The number of ether oxygens (including phenoxy) is 1. The largest absolute Gasteiger partial charge is 0.443 e. The van der Waals surface area contributed by atoms with Crippen LogP contribution in [0.15, 0.2) is 54.6 Å². The van der Waals surface area contributed by atoms with Crippen LogP contribution in [-0.4, -0.2) is 14.4 Å². The molecule has 2 aromatic rings. The number of amides is 1. The Bertz CT molecular complexity index is 727. The molecule has 0 atom stereocenters. The highest BCUT2D eigenvalue weighted by molar-refractivity contribution is 6.74. The second-order valence-corrected chi connectivity index (χ2v) is 12.4. The van der Waals surface area contributed by atoms with Crippen LogP contribution in [0.25, 0.3) is 0 Å². The van der Waals surface area contributed by atoms with E-state index in [-0.39, 0.29) is 17.5 Å². The van der Waals surface area contributed by atoms with E-state index in [0.717, 1.165) is 10.6 Å². The van der Waals surface area contributed by atoms with Crippen LogP contribution in [-0.2, 0) is 15.9 Å². The summed E-state index contributed by atoms with van der Waals surface area (Å²) in [5.74, 6) is -0.376. The van der Waals surface area contributed by atoms with Gasteiger partial charge in [-0.2, -0.15) is 5.06 Å². The average Bonchev–Trinajstić information content (AvgIpc) is 2.58. The molecule has 0 bridgehead atoms. The highest BCUT2D eigenvalue weighted by atomic mass is 28.4. The van der Waals surface area contributed by atoms with Gasteiger partial charge in [0.15, 0.2) is 0 Å². The molecule has 4 nitrogen and oxygen atoms in total. The number of carbonyl (C=O) groups is 1. The standard InChI is InChI=1S/C20H26FNO3Si/c1-20(2,3)26(4,5)25-22(18-13-11-17(21)12-14-18)19(23)24-15-16-9-7-6-8-10-16/h6-14H,15H2,1-5H3. The van der Waals surface area contributed by atoms with Gasteiger partial charge < -0.3 is 9.26 Å².